The Kier molecular flexibility index (Phi) is 1.98. The molecule has 1 aliphatic carbocycles. The number of ketones is 1. The average Bonchev–Trinajstić information content (AvgIpc) is 2.70. The zero-order valence-electron chi connectivity index (χ0n) is 8.88. The highest BCUT2D eigenvalue weighted by molar-refractivity contribution is 5.98. The summed E-state index contributed by atoms with van der Waals surface area (Å²) in [6.45, 7) is 0. The quantitative estimate of drug-likeness (QED) is 0.789. The molecule has 0 aliphatic heterocycles. The molecule has 0 unspecified atom stereocenters. The Bertz CT molecular complexity index is 645. The third kappa shape index (κ3) is 1.49. The van der Waals surface area contributed by atoms with Crippen LogP contribution in [0.25, 0.3) is 5.78 Å². The average molecular weight is 231 g/mol. The van der Waals surface area contributed by atoms with Gasteiger partial charge in [0.25, 0.3) is 0 Å². The van der Waals surface area contributed by atoms with E-state index in [0.717, 1.165) is 18.5 Å². The van der Waals surface area contributed by atoms with Crippen LogP contribution in [-0.4, -0.2) is 31.2 Å². The van der Waals surface area contributed by atoms with Crippen LogP contribution in [0.3, 0.4) is 0 Å². The van der Waals surface area contributed by atoms with Crippen LogP contribution in [0.5, 0.6) is 0 Å². The zero-order chi connectivity index (χ0) is 12.0. The first-order valence-electron chi connectivity index (χ1n) is 5.30. The molecule has 0 saturated heterocycles. The van der Waals surface area contributed by atoms with Crippen LogP contribution < -0.4 is 0 Å². The van der Waals surface area contributed by atoms with Gasteiger partial charge in [-0.3, -0.25) is 9.20 Å². The third-order valence-electron chi connectivity index (χ3n) is 2.86. The first-order valence-corrected chi connectivity index (χ1v) is 5.30. The topological polar surface area (TPSA) is 84.6 Å². The van der Waals surface area contributed by atoms with Crippen molar-refractivity contribution in [2.24, 2.45) is 0 Å². The van der Waals surface area contributed by atoms with Crippen molar-refractivity contribution in [3.8, 4) is 0 Å². The molecule has 2 aromatic heterocycles. The Hall–Kier alpha value is -2.24. The van der Waals surface area contributed by atoms with Crippen molar-refractivity contribution >= 4 is 17.5 Å². The minimum absolute atomic E-state index is 0.0613. The van der Waals surface area contributed by atoms with Gasteiger partial charge < -0.3 is 5.11 Å². The van der Waals surface area contributed by atoms with Crippen LogP contribution in [0.4, 0.5) is 0 Å². The van der Waals surface area contributed by atoms with Crippen molar-refractivity contribution in [1.29, 1.82) is 0 Å². The first kappa shape index (κ1) is 9.95. The van der Waals surface area contributed by atoms with Gasteiger partial charge in [-0.1, -0.05) is 0 Å². The van der Waals surface area contributed by atoms with E-state index in [-0.39, 0.29) is 11.5 Å². The molecule has 0 bridgehead atoms. The molecular formula is C11H9N3O3. The summed E-state index contributed by atoms with van der Waals surface area (Å²) in [5, 5.41) is 8.83. The Labute approximate surface area is 95.9 Å². The number of fused-ring (bicyclic) bond motifs is 2. The normalized spacial score (nSPS) is 14.9. The second-order valence-corrected chi connectivity index (χ2v) is 4.02. The third-order valence-corrected chi connectivity index (χ3v) is 2.86. The van der Waals surface area contributed by atoms with E-state index >= 15 is 0 Å². The van der Waals surface area contributed by atoms with Gasteiger partial charge in [-0.05, 0) is 12.8 Å². The maximum atomic E-state index is 11.7. The summed E-state index contributed by atoms with van der Waals surface area (Å²) in [7, 11) is 0. The predicted octanol–water partition coefficient (Wildman–Crippen LogP) is 0.946. The highest BCUT2D eigenvalue weighted by Crippen LogP contribution is 2.20. The first-order chi connectivity index (χ1) is 8.15. The molecule has 0 amide bonds. The summed E-state index contributed by atoms with van der Waals surface area (Å²) in [5.41, 5.74) is 1.24. The summed E-state index contributed by atoms with van der Waals surface area (Å²) in [4.78, 5) is 30.6. The Balaban J connectivity index is 2.24. The van der Waals surface area contributed by atoms with Crippen molar-refractivity contribution in [3.05, 3.63) is 29.3 Å². The minimum Gasteiger partial charge on any atom is -0.476 e. The summed E-state index contributed by atoms with van der Waals surface area (Å²) in [6, 6.07) is 0. The number of rotatable bonds is 1. The fourth-order valence-electron chi connectivity index (χ4n) is 2.03. The number of carboxylic acids is 1. The summed E-state index contributed by atoms with van der Waals surface area (Å²) >= 11 is 0. The van der Waals surface area contributed by atoms with Gasteiger partial charge in [-0.2, -0.15) is 0 Å². The van der Waals surface area contributed by atoms with Gasteiger partial charge in [0.2, 0.25) is 5.78 Å². The second-order valence-electron chi connectivity index (χ2n) is 4.02. The molecule has 86 valence electrons. The lowest BCUT2D eigenvalue weighted by atomic mass is 9.96. The molecule has 0 fully saturated rings. The van der Waals surface area contributed by atoms with E-state index in [0.29, 0.717) is 17.8 Å². The number of carbonyl (C=O) groups excluding carboxylic acids is 1. The number of imidazole rings is 1. The van der Waals surface area contributed by atoms with Gasteiger partial charge in [-0.25, -0.2) is 14.8 Å². The fraction of sp³-hybridized carbons (Fsp3) is 0.273. The maximum Gasteiger partial charge on any atom is 0.356 e. The lowest BCUT2D eigenvalue weighted by Crippen LogP contribution is -2.14. The molecule has 2 aromatic rings. The molecule has 0 atom stereocenters. The van der Waals surface area contributed by atoms with Crippen molar-refractivity contribution < 1.29 is 14.7 Å². The number of aryl methyl sites for hydroxylation is 1. The van der Waals surface area contributed by atoms with Gasteiger partial charge in [0.15, 0.2) is 11.5 Å². The van der Waals surface area contributed by atoms with E-state index in [2.05, 4.69) is 9.97 Å². The zero-order valence-corrected chi connectivity index (χ0v) is 8.88. The molecule has 3 rings (SSSR count). The van der Waals surface area contributed by atoms with Crippen molar-refractivity contribution in [3.63, 3.8) is 0 Å². The van der Waals surface area contributed by atoms with Crippen molar-refractivity contribution in [2.75, 3.05) is 0 Å². The summed E-state index contributed by atoms with van der Waals surface area (Å²) < 4.78 is 1.49. The second kappa shape index (κ2) is 3.38. The standard InChI is InChI=1S/C11H9N3O3/c15-9-3-1-2-7-6(9)4-14-5-8(10(16)17)13-11(14)12-7/h4-5H,1-3H2,(H,16,17). The van der Waals surface area contributed by atoms with Crippen LogP contribution in [0.2, 0.25) is 0 Å². The van der Waals surface area contributed by atoms with Crippen LogP contribution in [0.15, 0.2) is 12.4 Å². The van der Waals surface area contributed by atoms with E-state index in [1.54, 1.807) is 6.20 Å². The van der Waals surface area contributed by atoms with Gasteiger partial charge in [0.05, 0.1) is 11.3 Å². The molecule has 0 radical (unpaired) electrons. The smallest absolute Gasteiger partial charge is 0.356 e. The predicted molar refractivity (Wildman–Crippen MR) is 57.2 cm³/mol. The highest BCUT2D eigenvalue weighted by atomic mass is 16.4. The van der Waals surface area contributed by atoms with Gasteiger partial charge in [0.1, 0.15) is 0 Å². The lowest BCUT2D eigenvalue weighted by Gasteiger charge is -2.12. The van der Waals surface area contributed by atoms with E-state index in [9.17, 15) is 9.59 Å². The summed E-state index contributed by atoms with van der Waals surface area (Å²) in [6.07, 6.45) is 5.06. The largest absolute Gasteiger partial charge is 0.476 e. The molecule has 0 saturated carbocycles. The number of carboxylic acid groups (broad SMARTS) is 1. The number of nitrogens with zero attached hydrogens (tertiary/aromatic N) is 3. The lowest BCUT2D eigenvalue weighted by molar-refractivity contribution is 0.0691. The highest BCUT2D eigenvalue weighted by Gasteiger charge is 2.20. The number of carbonyl (C=O) groups is 2. The van der Waals surface area contributed by atoms with Crippen LogP contribution in [0.1, 0.15) is 39.4 Å². The Morgan fingerprint density at radius 1 is 1.29 bits per heavy atom. The molecule has 0 spiro atoms. The maximum absolute atomic E-state index is 11.7. The molecule has 6 nitrogen and oxygen atoms in total. The number of aromatic nitrogens is 3. The van der Waals surface area contributed by atoms with Gasteiger partial charge in [-0.15, -0.1) is 0 Å². The molecule has 1 aliphatic rings. The van der Waals surface area contributed by atoms with Crippen LogP contribution in [0, 0.1) is 0 Å². The van der Waals surface area contributed by atoms with Crippen LogP contribution >= 0.6 is 0 Å². The number of aromatic carboxylic acids is 1. The van der Waals surface area contributed by atoms with Gasteiger partial charge >= 0.3 is 5.97 Å². The van der Waals surface area contributed by atoms with Gasteiger partial charge in [0, 0.05) is 18.8 Å². The van der Waals surface area contributed by atoms with Crippen molar-refractivity contribution in [2.45, 2.75) is 19.3 Å². The molecule has 0 aromatic carbocycles. The number of hydrogen-bond acceptors (Lipinski definition) is 4. The van der Waals surface area contributed by atoms with E-state index in [4.69, 9.17) is 5.11 Å². The molecule has 6 heteroatoms. The number of hydrogen-bond donors (Lipinski definition) is 1. The van der Waals surface area contributed by atoms with E-state index in [1.807, 2.05) is 0 Å². The molecular weight excluding hydrogens is 222 g/mol. The molecule has 17 heavy (non-hydrogen) atoms. The van der Waals surface area contributed by atoms with Crippen LogP contribution in [-0.2, 0) is 6.42 Å². The molecule has 2 heterocycles. The van der Waals surface area contributed by atoms with Crippen molar-refractivity contribution in [1.82, 2.24) is 14.4 Å². The fourth-order valence-corrected chi connectivity index (χ4v) is 2.03. The SMILES string of the molecule is O=C(O)c1cn2cc3c(nc2n1)CCCC3=O. The Morgan fingerprint density at radius 2 is 2.12 bits per heavy atom. The summed E-state index contributed by atoms with van der Waals surface area (Å²) in [5.74, 6) is -0.707. The monoisotopic (exact) mass is 231 g/mol. The molecule has 1 N–H and O–H groups in total. The minimum atomic E-state index is -1.10. The Morgan fingerprint density at radius 3 is 2.88 bits per heavy atom. The van der Waals surface area contributed by atoms with E-state index in [1.165, 1.54) is 10.6 Å². The van der Waals surface area contributed by atoms with E-state index < -0.39 is 5.97 Å². The number of Topliss-reactive ketones (excluding diaryl/α,β-unsaturated/α-hetero) is 1.